The molecule has 112 valence electrons. The number of methoxy groups -OCH3 is 1. The summed E-state index contributed by atoms with van der Waals surface area (Å²) < 4.78 is 6.08. The number of nitrogens with zero attached hydrogens (tertiary/aromatic N) is 2. The summed E-state index contributed by atoms with van der Waals surface area (Å²) in [6.45, 7) is 3.64. The summed E-state index contributed by atoms with van der Waals surface area (Å²) in [6.07, 6.45) is 2.45. The van der Waals surface area contributed by atoms with E-state index >= 15 is 0 Å². The topological polar surface area (TPSA) is 59.1 Å². The van der Waals surface area contributed by atoms with Gasteiger partial charge in [-0.15, -0.1) is 0 Å². The third-order valence-corrected chi connectivity index (χ3v) is 3.73. The fourth-order valence-electron chi connectivity index (χ4n) is 1.94. The van der Waals surface area contributed by atoms with E-state index in [1.807, 2.05) is 25.1 Å². The SMILES string of the molecule is CCNc1ncnc(NCCc2cccc(OC)c2)c1Br. The molecule has 0 aliphatic carbocycles. The number of hydrogen-bond donors (Lipinski definition) is 2. The molecule has 5 nitrogen and oxygen atoms in total. The van der Waals surface area contributed by atoms with Crippen molar-refractivity contribution in [3.8, 4) is 5.75 Å². The van der Waals surface area contributed by atoms with Gasteiger partial charge >= 0.3 is 0 Å². The molecule has 0 atom stereocenters. The van der Waals surface area contributed by atoms with Crippen LogP contribution in [0.2, 0.25) is 0 Å². The summed E-state index contributed by atoms with van der Waals surface area (Å²) in [4.78, 5) is 8.44. The predicted octanol–water partition coefficient (Wildman–Crippen LogP) is 3.33. The molecule has 0 saturated carbocycles. The van der Waals surface area contributed by atoms with Gasteiger partial charge < -0.3 is 15.4 Å². The zero-order valence-electron chi connectivity index (χ0n) is 12.2. The van der Waals surface area contributed by atoms with E-state index in [4.69, 9.17) is 4.74 Å². The molecule has 0 spiro atoms. The van der Waals surface area contributed by atoms with Gasteiger partial charge in [-0.3, -0.25) is 0 Å². The number of benzene rings is 1. The summed E-state index contributed by atoms with van der Waals surface area (Å²) >= 11 is 3.52. The molecule has 0 aliphatic rings. The first-order chi connectivity index (χ1) is 10.2. The molecule has 0 amide bonds. The summed E-state index contributed by atoms with van der Waals surface area (Å²) in [5.41, 5.74) is 1.22. The van der Waals surface area contributed by atoms with Crippen LogP contribution in [0.5, 0.6) is 5.75 Å². The Bertz CT molecular complexity index is 592. The lowest BCUT2D eigenvalue weighted by molar-refractivity contribution is 0.414. The van der Waals surface area contributed by atoms with E-state index in [2.05, 4.69) is 42.6 Å². The van der Waals surface area contributed by atoms with E-state index in [-0.39, 0.29) is 0 Å². The van der Waals surface area contributed by atoms with Gasteiger partial charge in [-0.05, 0) is 47.0 Å². The fourth-order valence-corrected chi connectivity index (χ4v) is 2.42. The average Bonchev–Trinajstić information content (AvgIpc) is 2.51. The van der Waals surface area contributed by atoms with Gasteiger partial charge in [-0.2, -0.15) is 0 Å². The number of nitrogens with one attached hydrogen (secondary N) is 2. The van der Waals surface area contributed by atoms with Crippen LogP contribution in [0.15, 0.2) is 35.1 Å². The van der Waals surface area contributed by atoms with Gasteiger partial charge in [0.2, 0.25) is 0 Å². The lowest BCUT2D eigenvalue weighted by atomic mass is 10.1. The van der Waals surface area contributed by atoms with Crippen molar-refractivity contribution in [2.24, 2.45) is 0 Å². The Kier molecular flexibility index (Phi) is 5.80. The van der Waals surface area contributed by atoms with E-state index in [0.717, 1.165) is 41.4 Å². The van der Waals surface area contributed by atoms with Gasteiger partial charge in [0.05, 0.1) is 7.11 Å². The van der Waals surface area contributed by atoms with Gasteiger partial charge in [0.15, 0.2) is 0 Å². The maximum Gasteiger partial charge on any atom is 0.145 e. The third kappa shape index (κ3) is 4.32. The molecule has 1 aromatic carbocycles. The molecular formula is C15H19BrN4O. The lowest BCUT2D eigenvalue weighted by Gasteiger charge is -2.11. The Morgan fingerprint density at radius 3 is 2.67 bits per heavy atom. The van der Waals surface area contributed by atoms with Gasteiger partial charge in [0.25, 0.3) is 0 Å². The van der Waals surface area contributed by atoms with Crippen LogP contribution in [0, 0.1) is 0 Å². The molecule has 1 aromatic heterocycles. The maximum absolute atomic E-state index is 5.22. The standard InChI is InChI=1S/C15H19BrN4O/c1-3-17-14-13(16)15(20-10-19-14)18-8-7-11-5-4-6-12(9-11)21-2/h4-6,9-10H,3,7-8H2,1-2H3,(H2,17,18,19,20). The zero-order chi connectivity index (χ0) is 15.1. The van der Waals surface area contributed by atoms with Crippen LogP contribution >= 0.6 is 15.9 Å². The molecule has 0 fully saturated rings. The number of hydrogen-bond acceptors (Lipinski definition) is 5. The maximum atomic E-state index is 5.22. The first kappa shape index (κ1) is 15.6. The number of ether oxygens (including phenoxy) is 1. The Balaban J connectivity index is 1.95. The minimum Gasteiger partial charge on any atom is -0.497 e. The van der Waals surface area contributed by atoms with Crippen molar-refractivity contribution >= 4 is 27.6 Å². The molecule has 2 N–H and O–H groups in total. The van der Waals surface area contributed by atoms with Crippen molar-refractivity contribution in [1.29, 1.82) is 0 Å². The van der Waals surface area contributed by atoms with Crippen molar-refractivity contribution in [1.82, 2.24) is 9.97 Å². The molecule has 0 radical (unpaired) electrons. The highest BCUT2D eigenvalue weighted by atomic mass is 79.9. The van der Waals surface area contributed by atoms with Crippen molar-refractivity contribution in [3.05, 3.63) is 40.6 Å². The van der Waals surface area contributed by atoms with Crippen LogP contribution < -0.4 is 15.4 Å². The monoisotopic (exact) mass is 350 g/mol. The Morgan fingerprint density at radius 2 is 1.95 bits per heavy atom. The summed E-state index contributed by atoms with van der Waals surface area (Å²) in [5, 5.41) is 6.50. The Labute approximate surface area is 133 Å². The van der Waals surface area contributed by atoms with Gasteiger partial charge in [0, 0.05) is 13.1 Å². The van der Waals surface area contributed by atoms with Crippen molar-refractivity contribution < 1.29 is 4.74 Å². The van der Waals surface area contributed by atoms with E-state index in [9.17, 15) is 0 Å². The molecule has 1 heterocycles. The quantitative estimate of drug-likeness (QED) is 0.801. The minimum atomic E-state index is 0.786. The molecule has 0 bridgehead atoms. The first-order valence-electron chi connectivity index (χ1n) is 6.85. The summed E-state index contributed by atoms with van der Waals surface area (Å²) in [7, 11) is 1.68. The summed E-state index contributed by atoms with van der Waals surface area (Å²) in [5.74, 6) is 2.48. The number of aromatic nitrogens is 2. The molecule has 0 saturated heterocycles. The number of rotatable bonds is 7. The smallest absolute Gasteiger partial charge is 0.145 e. The largest absolute Gasteiger partial charge is 0.497 e. The lowest BCUT2D eigenvalue weighted by Crippen LogP contribution is -2.09. The van der Waals surface area contributed by atoms with Crippen molar-refractivity contribution in [2.75, 3.05) is 30.8 Å². The van der Waals surface area contributed by atoms with Crippen LogP contribution in [0.4, 0.5) is 11.6 Å². The molecule has 6 heteroatoms. The van der Waals surface area contributed by atoms with Crippen LogP contribution in [0.25, 0.3) is 0 Å². The normalized spacial score (nSPS) is 10.2. The van der Waals surface area contributed by atoms with Crippen LogP contribution in [-0.4, -0.2) is 30.2 Å². The van der Waals surface area contributed by atoms with Crippen molar-refractivity contribution in [3.63, 3.8) is 0 Å². The van der Waals surface area contributed by atoms with Gasteiger partial charge in [-0.25, -0.2) is 9.97 Å². The molecule has 2 aromatic rings. The molecule has 2 rings (SSSR count). The Hall–Kier alpha value is -1.82. The first-order valence-corrected chi connectivity index (χ1v) is 7.65. The second-order valence-electron chi connectivity index (χ2n) is 4.44. The number of anilines is 2. The van der Waals surface area contributed by atoms with Crippen LogP contribution in [-0.2, 0) is 6.42 Å². The van der Waals surface area contributed by atoms with Crippen molar-refractivity contribution in [2.45, 2.75) is 13.3 Å². The molecule has 0 unspecified atom stereocenters. The zero-order valence-corrected chi connectivity index (χ0v) is 13.8. The average molecular weight is 351 g/mol. The second kappa shape index (κ2) is 7.83. The van der Waals surface area contributed by atoms with Gasteiger partial charge in [0.1, 0.15) is 28.2 Å². The predicted molar refractivity (Wildman–Crippen MR) is 89.1 cm³/mol. The summed E-state index contributed by atoms with van der Waals surface area (Å²) in [6, 6.07) is 8.07. The van der Waals surface area contributed by atoms with E-state index in [0.29, 0.717) is 0 Å². The van der Waals surface area contributed by atoms with Crippen LogP contribution in [0.1, 0.15) is 12.5 Å². The van der Waals surface area contributed by atoms with Gasteiger partial charge in [-0.1, -0.05) is 12.1 Å². The molecule has 21 heavy (non-hydrogen) atoms. The molecular weight excluding hydrogens is 332 g/mol. The highest BCUT2D eigenvalue weighted by Crippen LogP contribution is 2.26. The third-order valence-electron chi connectivity index (χ3n) is 2.97. The second-order valence-corrected chi connectivity index (χ2v) is 5.24. The van der Waals surface area contributed by atoms with E-state index < -0.39 is 0 Å². The van der Waals surface area contributed by atoms with E-state index in [1.54, 1.807) is 13.4 Å². The highest BCUT2D eigenvalue weighted by Gasteiger charge is 2.07. The minimum absolute atomic E-state index is 0.786. The fraction of sp³-hybridized carbons (Fsp3) is 0.333. The Morgan fingerprint density at radius 1 is 1.19 bits per heavy atom. The highest BCUT2D eigenvalue weighted by molar-refractivity contribution is 9.10. The van der Waals surface area contributed by atoms with E-state index in [1.165, 1.54) is 5.56 Å². The molecule has 0 aliphatic heterocycles. The number of halogens is 1. The van der Waals surface area contributed by atoms with Crippen LogP contribution in [0.3, 0.4) is 0 Å².